The maximum atomic E-state index is 13.1. The fraction of sp³-hybridized carbons (Fsp3) is 0. The largest absolute Gasteiger partial charge is 0.283 e. The second kappa shape index (κ2) is 7.82. The van der Waals surface area contributed by atoms with E-state index in [4.69, 9.17) is 11.6 Å². The van der Waals surface area contributed by atoms with Gasteiger partial charge in [-0.25, -0.2) is 4.99 Å². The van der Waals surface area contributed by atoms with Crippen LogP contribution in [0.25, 0.3) is 6.08 Å². The average Bonchev–Trinajstić information content (AvgIpc) is 2.99. The number of carbonyl (C=O) groups is 1. The molecule has 0 radical (unpaired) electrons. The number of carbonyl (C=O) groups excluding carboxylic acids is 1. The normalized spacial score (nSPS) is 15.3. The van der Waals surface area contributed by atoms with Crippen molar-refractivity contribution < 1.29 is 4.79 Å². The summed E-state index contributed by atoms with van der Waals surface area (Å²) in [4.78, 5) is 20.4. The van der Waals surface area contributed by atoms with Crippen molar-refractivity contribution in [1.82, 2.24) is 0 Å². The number of anilines is 1. The van der Waals surface area contributed by atoms with Crippen LogP contribution >= 0.6 is 23.4 Å². The molecule has 0 atom stereocenters. The summed E-state index contributed by atoms with van der Waals surface area (Å²) in [5, 5.41) is 1.25. The van der Waals surface area contributed by atoms with E-state index < -0.39 is 0 Å². The molecule has 0 unspecified atom stereocenters. The first-order valence-electron chi connectivity index (χ1n) is 8.39. The molecule has 0 saturated carbocycles. The molecule has 0 N–H and O–H groups in total. The monoisotopic (exact) mass is 390 g/mol. The van der Waals surface area contributed by atoms with Crippen LogP contribution in [0.4, 0.5) is 5.69 Å². The first-order chi connectivity index (χ1) is 13.2. The Kier molecular flexibility index (Phi) is 5.10. The molecule has 0 saturated heterocycles. The Hall–Kier alpha value is -2.82. The van der Waals surface area contributed by atoms with Gasteiger partial charge in [-0.05, 0) is 48.0 Å². The van der Waals surface area contributed by atoms with Gasteiger partial charge in [0, 0.05) is 9.92 Å². The summed E-state index contributed by atoms with van der Waals surface area (Å²) in [7, 11) is 0. The number of thioether (sulfide) groups is 1. The summed E-state index contributed by atoms with van der Waals surface area (Å²) in [6.45, 7) is 0. The highest BCUT2D eigenvalue weighted by atomic mass is 35.5. The number of benzene rings is 3. The Labute approximate surface area is 167 Å². The molecule has 3 aromatic carbocycles. The van der Waals surface area contributed by atoms with Crippen LogP contribution in [0.3, 0.4) is 0 Å². The highest BCUT2D eigenvalue weighted by Crippen LogP contribution is 2.33. The zero-order chi connectivity index (χ0) is 18.6. The van der Waals surface area contributed by atoms with Gasteiger partial charge in [0.1, 0.15) is 5.70 Å². The van der Waals surface area contributed by atoms with Crippen LogP contribution in [0.1, 0.15) is 5.56 Å². The third kappa shape index (κ3) is 3.97. The molecule has 5 heteroatoms. The Morgan fingerprint density at radius 2 is 1.48 bits per heavy atom. The zero-order valence-corrected chi connectivity index (χ0v) is 15.8. The molecule has 132 valence electrons. The summed E-state index contributed by atoms with van der Waals surface area (Å²) in [5.74, 6) is -0.153. The highest BCUT2D eigenvalue weighted by Gasteiger charge is 2.32. The summed E-state index contributed by atoms with van der Waals surface area (Å²) in [5.41, 5.74) is 2.09. The Bertz CT molecular complexity index is 1020. The van der Waals surface area contributed by atoms with E-state index in [1.54, 1.807) is 17.0 Å². The van der Waals surface area contributed by atoms with Gasteiger partial charge in [0.15, 0.2) is 5.17 Å². The molecule has 1 heterocycles. The van der Waals surface area contributed by atoms with Crippen LogP contribution in [-0.4, -0.2) is 11.1 Å². The number of aliphatic imine (C=N–C) groups is 1. The van der Waals surface area contributed by atoms with Gasteiger partial charge in [0.05, 0.1) is 5.69 Å². The quantitative estimate of drug-likeness (QED) is 0.523. The molecule has 0 spiro atoms. The first-order valence-corrected chi connectivity index (χ1v) is 9.58. The lowest BCUT2D eigenvalue weighted by Gasteiger charge is -2.17. The van der Waals surface area contributed by atoms with Crippen LogP contribution < -0.4 is 4.90 Å². The summed E-state index contributed by atoms with van der Waals surface area (Å²) in [6, 6.07) is 26.8. The molecule has 1 aliphatic rings. The minimum Gasteiger partial charge on any atom is -0.266 e. The fourth-order valence-corrected chi connectivity index (χ4v) is 3.74. The van der Waals surface area contributed by atoms with Crippen LogP contribution in [0.2, 0.25) is 5.02 Å². The minimum atomic E-state index is -0.153. The standard InChI is InChI=1S/C22H15ClN2OS/c23-17-11-13-18(14-12-17)25-21(26)20(15-16-7-3-1-4-8-16)24-22(25)27-19-9-5-2-6-10-19/h1-15H/b20-15+. The van der Waals surface area contributed by atoms with Crippen molar-refractivity contribution in [3.63, 3.8) is 0 Å². The van der Waals surface area contributed by atoms with Gasteiger partial charge in [0.2, 0.25) is 0 Å². The van der Waals surface area contributed by atoms with Crippen molar-refractivity contribution in [2.45, 2.75) is 4.90 Å². The molecule has 0 aliphatic carbocycles. The maximum Gasteiger partial charge on any atom is 0.283 e. The lowest BCUT2D eigenvalue weighted by molar-refractivity contribution is -0.113. The molecule has 4 rings (SSSR count). The molecule has 1 aliphatic heterocycles. The van der Waals surface area contributed by atoms with E-state index in [0.717, 1.165) is 16.1 Å². The lowest BCUT2D eigenvalue weighted by Crippen LogP contribution is -2.30. The van der Waals surface area contributed by atoms with Gasteiger partial charge in [-0.2, -0.15) is 0 Å². The van der Waals surface area contributed by atoms with Crippen LogP contribution in [0, 0.1) is 0 Å². The van der Waals surface area contributed by atoms with E-state index in [1.807, 2.05) is 78.9 Å². The molecule has 3 nitrogen and oxygen atoms in total. The van der Waals surface area contributed by atoms with E-state index in [9.17, 15) is 4.79 Å². The Morgan fingerprint density at radius 3 is 2.15 bits per heavy atom. The van der Waals surface area contributed by atoms with Crippen LogP contribution in [0.15, 0.2) is 101 Å². The molecular formula is C22H15ClN2OS. The van der Waals surface area contributed by atoms with Gasteiger partial charge in [-0.15, -0.1) is 0 Å². The fourth-order valence-electron chi connectivity index (χ4n) is 2.68. The number of nitrogens with zero attached hydrogens (tertiary/aromatic N) is 2. The molecule has 3 aromatic rings. The summed E-state index contributed by atoms with van der Waals surface area (Å²) >= 11 is 7.46. The topological polar surface area (TPSA) is 32.7 Å². The van der Waals surface area contributed by atoms with E-state index in [2.05, 4.69) is 4.99 Å². The second-order valence-corrected chi connectivity index (χ2v) is 7.34. The molecular weight excluding hydrogens is 376 g/mol. The van der Waals surface area contributed by atoms with Gasteiger partial charge in [-0.1, -0.05) is 71.9 Å². The minimum absolute atomic E-state index is 0.153. The van der Waals surface area contributed by atoms with E-state index >= 15 is 0 Å². The summed E-state index contributed by atoms with van der Waals surface area (Å²) < 4.78 is 0. The number of amides is 1. The smallest absolute Gasteiger partial charge is 0.266 e. The van der Waals surface area contributed by atoms with E-state index in [1.165, 1.54) is 11.8 Å². The van der Waals surface area contributed by atoms with Gasteiger partial charge < -0.3 is 0 Å². The van der Waals surface area contributed by atoms with Gasteiger partial charge in [0.25, 0.3) is 5.91 Å². The number of halogens is 1. The van der Waals surface area contributed by atoms with Crippen molar-refractivity contribution in [2.24, 2.45) is 4.99 Å². The number of rotatable bonds is 3. The number of hydrogen-bond donors (Lipinski definition) is 0. The average molecular weight is 391 g/mol. The molecule has 27 heavy (non-hydrogen) atoms. The second-order valence-electron chi connectivity index (χ2n) is 5.87. The summed E-state index contributed by atoms with van der Waals surface area (Å²) in [6.07, 6.45) is 1.81. The molecule has 0 bridgehead atoms. The van der Waals surface area contributed by atoms with Crippen molar-refractivity contribution in [3.05, 3.63) is 101 Å². The Balaban J connectivity index is 1.74. The van der Waals surface area contributed by atoms with E-state index in [0.29, 0.717) is 15.9 Å². The van der Waals surface area contributed by atoms with Crippen LogP contribution in [-0.2, 0) is 4.79 Å². The lowest BCUT2D eigenvalue weighted by atomic mass is 10.2. The van der Waals surface area contributed by atoms with Crippen molar-refractivity contribution >= 4 is 46.2 Å². The molecule has 0 fully saturated rings. The van der Waals surface area contributed by atoms with Gasteiger partial charge >= 0.3 is 0 Å². The van der Waals surface area contributed by atoms with Crippen molar-refractivity contribution in [1.29, 1.82) is 0 Å². The predicted molar refractivity (Wildman–Crippen MR) is 113 cm³/mol. The third-order valence-electron chi connectivity index (χ3n) is 3.97. The van der Waals surface area contributed by atoms with Crippen molar-refractivity contribution in [2.75, 3.05) is 4.90 Å². The number of amidine groups is 1. The SMILES string of the molecule is O=C1/C(=C\c2ccccc2)N=C(Sc2ccccc2)N1c1ccc(Cl)cc1. The Morgan fingerprint density at radius 1 is 0.852 bits per heavy atom. The highest BCUT2D eigenvalue weighted by molar-refractivity contribution is 8.14. The molecule has 1 amide bonds. The van der Waals surface area contributed by atoms with Crippen molar-refractivity contribution in [3.8, 4) is 0 Å². The van der Waals surface area contributed by atoms with Crippen LogP contribution in [0.5, 0.6) is 0 Å². The first kappa shape index (κ1) is 17.6. The zero-order valence-electron chi connectivity index (χ0n) is 14.2. The maximum absolute atomic E-state index is 13.1. The third-order valence-corrected chi connectivity index (χ3v) is 5.19. The number of hydrogen-bond acceptors (Lipinski definition) is 3. The van der Waals surface area contributed by atoms with Gasteiger partial charge in [-0.3, -0.25) is 9.69 Å². The van der Waals surface area contributed by atoms with E-state index in [-0.39, 0.29) is 5.91 Å². The predicted octanol–water partition coefficient (Wildman–Crippen LogP) is 5.88. The molecule has 0 aromatic heterocycles.